The molecule has 2 heterocycles. The van der Waals surface area contributed by atoms with E-state index in [1.54, 1.807) is 24.4 Å². The van der Waals surface area contributed by atoms with Crippen molar-refractivity contribution >= 4 is 11.7 Å². The highest BCUT2D eigenvalue weighted by atomic mass is 19.1. The van der Waals surface area contributed by atoms with E-state index in [4.69, 9.17) is 5.73 Å². The van der Waals surface area contributed by atoms with Crippen LogP contribution in [0.1, 0.15) is 28.9 Å². The maximum atomic E-state index is 14.0. The summed E-state index contributed by atoms with van der Waals surface area (Å²) in [6, 6.07) is 6.64. The van der Waals surface area contributed by atoms with Crippen molar-refractivity contribution in [3.05, 3.63) is 53.7 Å². The van der Waals surface area contributed by atoms with E-state index < -0.39 is 11.3 Å². The van der Waals surface area contributed by atoms with Crippen molar-refractivity contribution in [2.24, 2.45) is 11.1 Å². The van der Waals surface area contributed by atoms with Crippen LogP contribution in [0.3, 0.4) is 0 Å². The Balaban J connectivity index is 1.84. The number of benzene rings is 1. The van der Waals surface area contributed by atoms with Gasteiger partial charge in [0.05, 0.1) is 19.0 Å². The standard InChI is InChI=1S/C18H21FN4O2/c19-14-5-2-1-4-13(14)8-18(12-24)6-3-7-23(11-18)16-10-21-9-15(22-16)17(20)25/h1-2,4-5,9-10,24H,3,6-8,11-12H2,(H2,20,25). The highest BCUT2D eigenvalue weighted by Gasteiger charge is 2.36. The molecule has 1 fully saturated rings. The fraction of sp³-hybridized carbons (Fsp3) is 0.389. The average Bonchev–Trinajstić information content (AvgIpc) is 2.64. The summed E-state index contributed by atoms with van der Waals surface area (Å²) < 4.78 is 14.0. The normalized spacial score (nSPS) is 20.5. The molecule has 2 aromatic rings. The lowest BCUT2D eigenvalue weighted by molar-refractivity contribution is 0.0993. The Morgan fingerprint density at radius 3 is 2.88 bits per heavy atom. The molecule has 1 aromatic heterocycles. The third-order valence-electron chi connectivity index (χ3n) is 4.72. The van der Waals surface area contributed by atoms with E-state index >= 15 is 0 Å². The van der Waals surface area contributed by atoms with Crippen LogP contribution in [0.5, 0.6) is 0 Å². The molecule has 1 atom stereocenters. The summed E-state index contributed by atoms with van der Waals surface area (Å²) in [5.74, 6) is -0.350. The van der Waals surface area contributed by atoms with Crippen molar-refractivity contribution < 1.29 is 14.3 Å². The maximum Gasteiger partial charge on any atom is 0.268 e. The number of carbonyl (C=O) groups excluding carboxylic acids is 1. The van der Waals surface area contributed by atoms with Gasteiger partial charge < -0.3 is 15.7 Å². The molecule has 7 heteroatoms. The number of rotatable bonds is 5. The molecule has 3 N–H and O–H groups in total. The van der Waals surface area contributed by atoms with Crippen LogP contribution >= 0.6 is 0 Å². The summed E-state index contributed by atoms with van der Waals surface area (Å²) in [6.45, 7) is 1.19. The highest BCUT2D eigenvalue weighted by molar-refractivity contribution is 5.90. The lowest BCUT2D eigenvalue weighted by atomic mass is 9.75. The maximum absolute atomic E-state index is 14.0. The fourth-order valence-corrected chi connectivity index (χ4v) is 3.41. The molecule has 6 nitrogen and oxygen atoms in total. The quantitative estimate of drug-likeness (QED) is 0.858. The van der Waals surface area contributed by atoms with Crippen molar-refractivity contribution in [3.63, 3.8) is 0 Å². The van der Waals surface area contributed by atoms with Gasteiger partial charge in [0, 0.05) is 18.5 Å². The van der Waals surface area contributed by atoms with Crippen LogP contribution in [-0.2, 0) is 6.42 Å². The predicted molar refractivity (Wildman–Crippen MR) is 91.6 cm³/mol. The van der Waals surface area contributed by atoms with Crippen LogP contribution in [0.15, 0.2) is 36.7 Å². The first-order chi connectivity index (χ1) is 12.0. The largest absolute Gasteiger partial charge is 0.396 e. The predicted octanol–water partition coefficient (Wildman–Crippen LogP) is 1.54. The van der Waals surface area contributed by atoms with Gasteiger partial charge >= 0.3 is 0 Å². The Bertz CT molecular complexity index is 770. The van der Waals surface area contributed by atoms with E-state index in [2.05, 4.69) is 9.97 Å². The van der Waals surface area contributed by atoms with Crippen molar-refractivity contribution in [1.29, 1.82) is 0 Å². The molecule has 0 radical (unpaired) electrons. The minimum Gasteiger partial charge on any atom is -0.396 e. The number of aliphatic hydroxyl groups excluding tert-OH is 1. The molecule has 3 rings (SSSR count). The number of hydrogen-bond donors (Lipinski definition) is 2. The second-order valence-electron chi connectivity index (χ2n) is 6.58. The van der Waals surface area contributed by atoms with Crippen LogP contribution in [-0.4, -0.2) is 40.7 Å². The molecule has 1 amide bonds. The van der Waals surface area contributed by atoms with Gasteiger partial charge in [0.15, 0.2) is 0 Å². The lowest BCUT2D eigenvalue weighted by Gasteiger charge is -2.42. The lowest BCUT2D eigenvalue weighted by Crippen LogP contribution is -2.47. The van der Waals surface area contributed by atoms with Gasteiger partial charge in [-0.15, -0.1) is 0 Å². The van der Waals surface area contributed by atoms with Crippen LogP contribution in [0, 0.1) is 11.2 Å². The van der Waals surface area contributed by atoms with Crippen LogP contribution < -0.4 is 10.6 Å². The molecule has 0 bridgehead atoms. The first-order valence-electron chi connectivity index (χ1n) is 8.24. The number of primary amides is 1. The Morgan fingerprint density at radius 2 is 2.16 bits per heavy atom. The topological polar surface area (TPSA) is 92.3 Å². The van der Waals surface area contributed by atoms with Gasteiger partial charge in [-0.3, -0.25) is 9.78 Å². The molecule has 1 aliphatic rings. The number of halogens is 1. The van der Waals surface area contributed by atoms with Gasteiger partial charge in [-0.1, -0.05) is 18.2 Å². The molecular weight excluding hydrogens is 323 g/mol. The number of anilines is 1. The Morgan fingerprint density at radius 1 is 1.36 bits per heavy atom. The first kappa shape index (κ1) is 17.3. The summed E-state index contributed by atoms with van der Waals surface area (Å²) in [7, 11) is 0. The third-order valence-corrected chi connectivity index (χ3v) is 4.72. The number of nitrogens with two attached hydrogens (primary N) is 1. The Kier molecular flexibility index (Phi) is 4.94. The van der Waals surface area contributed by atoms with E-state index in [9.17, 15) is 14.3 Å². The summed E-state index contributed by atoms with van der Waals surface area (Å²) in [5, 5.41) is 10.0. The van der Waals surface area contributed by atoms with Gasteiger partial charge in [-0.25, -0.2) is 9.37 Å². The van der Waals surface area contributed by atoms with Crippen molar-refractivity contribution in [3.8, 4) is 0 Å². The number of amides is 1. The van der Waals surface area contributed by atoms with E-state index in [0.29, 0.717) is 24.3 Å². The Hall–Kier alpha value is -2.54. The summed E-state index contributed by atoms with van der Waals surface area (Å²) >= 11 is 0. The average molecular weight is 344 g/mol. The summed E-state index contributed by atoms with van der Waals surface area (Å²) in [5.41, 5.74) is 5.50. The molecule has 1 aliphatic heterocycles. The van der Waals surface area contributed by atoms with E-state index in [-0.39, 0.29) is 18.1 Å². The number of nitrogens with zero attached hydrogens (tertiary/aromatic N) is 3. The van der Waals surface area contributed by atoms with E-state index in [0.717, 1.165) is 19.4 Å². The molecule has 132 valence electrons. The number of carbonyl (C=O) groups is 1. The highest BCUT2D eigenvalue weighted by Crippen LogP contribution is 2.35. The molecule has 25 heavy (non-hydrogen) atoms. The number of aliphatic hydroxyl groups is 1. The smallest absolute Gasteiger partial charge is 0.268 e. The Labute approximate surface area is 145 Å². The van der Waals surface area contributed by atoms with Crippen molar-refractivity contribution in [2.75, 3.05) is 24.6 Å². The minimum absolute atomic E-state index is 0.0548. The fourth-order valence-electron chi connectivity index (χ4n) is 3.41. The minimum atomic E-state index is -0.633. The van der Waals surface area contributed by atoms with Crippen LogP contribution in [0.25, 0.3) is 0 Å². The summed E-state index contributed by atoms with van der Waals surface area (Å²) in [4.78, 5) is 21.6. The van der Waals surface area contributed by atoms with Gasteiger partial charge in [0.2, 0.25) is 0 Å². The van der Waals surface area contributed by atoms with Gasteiger partial charge in [0.25, 0.3) is 5.91 Å². The SMILES string of the molecule is NC(=O)c1cncc(N2CCCC(CO)(Cc3ccccc3F)C2)n1. The number of hydrogen-bond acceptors (Lipinski definition) is 5. The second kappa shape index (κ2) is 7.14. The number of aromatic nitrogens is 2. The molecule has 0 spiro atoms. The van der Waals surface area contributed by atoms with E-state index in [1.807, 2.05) is 4.90 Å². The molecule has 0 saturated carbocycles. The summed E-state index contributed by atoms with van der Waals surface area (Å²) in [6.07, 6.45) is 4.96. The van der Waals surface area contributed by atoms with Gasteiger partial charge in [-0.2, -0.15) is 0 Å². The van der Waals surface area contributed by atoms with Crippen molar-refractivity contribution in [2.45, 2.75) is 19.3 Å². The van der Waals surface area contributed by atoms with Crippen molar-refractivity contribution in [1.82, 2.24) is 9.97 Å². The van der Waals surface area contributed by atoms with Gasteiger partial charge in [-0.05, 0) is 30.9 Å². The zero-order valence-electron chi connectivity index (χ0n) is 13.9. The molecule has 0 aliphatic carbocycles. The first-order valence-corrected chi connectivity index (χ1v) is 8.24. The third kappa shape index (κ3) is 3.76. The second-order valence-corrected chi connectivity index (χ2v) is 6.58. The monoisotopic (exact) mass is 344 g/mol. The molecule has 1 aromatic carbocycles. The van der Waals surface area contributed by atoms with E-state index in [1.165, 1.54) is 12.3 Å². The molecule has 1 saturated heterocycles. The molecular formula is C18H21FN4O2. The van der Waals surface area contributed by atoms with Gasteiger partial charge in [0.1, 0.15) is 17.3 Å². The number of piperidine rings is 1. The van der Waals surface area contributed by atoms with Crippen LogP contribution in [0.2, 0.25) is 0 Å². The molecule has 1 unspecified atom stereocenters. The van der Waals surface area contributed by atoms with Crippen LogP contribution in [0.4, 0.5) is 10.2 Å². The zero-order valence-corrected chi connectivity index (χ0v) is 13.9. The zero-order chi connectivity index (χ0) is 17.9.